The predicted molar refractivity (Wildman–Crippen MR) is 131 cm³/mol. The Labute approximate surface area is 200 Å². The lowest BCUT2D eigenvalue weighted by Gasteiger charge is -2.22. The van der Waals surface area contributed by atoms with Crippen LogP contribution in [0.25, 0.3) is 11.1 Å². The van der Waals surface area contributed by atoms with Crippen LogP contribution in [0.5, 0.6) is 0 Å². The number of benzene rings is 2. The van der Waals surface area contributed by atoms with Crippen molar-refractivity contribution in [1.82, 2.24) is 9.80 Å². The summed E-state index contributed by atoms with van der Waals surface area (Å²) >= 11 is 0. The summed E-state index contributed by atoms with van der Waals surface area (Å²) in [5.74, 6) is 0. The van der Waals surface area contributed by atoms with Crippen LogP contribution in [0.15, 0.2) is 48.5 Å². The molecule has 2 aromatic rings. The highest BCUT2D eigenvalue weighted by atomic mass is 16.7. The van der Waals surface area contributed by atoms with E-state index in [1.54, 1.807) is 14.1 Å². The Morgan fingerprint density at radius 3 is 1.21 bits per heavy atom. The van der Waals surface area contributed by atoms with Crippen LogP contribution >= 0.6 is 0 Å². The Kier molecular flexibility index (Phi) is 10.8. The molecule has 0 aliphatic carbocycles. The van der Waals surface area contributed by atoms with Crippen molar-refractivity contribution in [3.8, 4) is 11.1 Å². The molecule has 0 radical (unpaired) electrons. The lowest BCUT2D eigenvalue weighted by molar-refractivity contribution is -0.109. The molecule has 0 aliphatic heterocycles. The van der Waals surface area contributed by atoms with Gasteiger partial charge in [0, 0.05) is 53.9 Å². The Morgan fingerprint density at radius 2 is 0.941 bits per heavy atom. The second-order valence-corrected chi connectivity index (χ2v) is 7.58. The number of likely N-dealkylation sites (N-methyl/N-ethyl adjacent to an activating group) is 2. The molecule has 2 rings (SSSR count). The third-order valence-corrected chi connectivity index (χ3v) is 5.20. The molecule has 0 aromatic heterocycles. The Bertz CT molecular complexity index is 823. The minimum absolute atomic E-state index is 0.265. The molecular weight excluding hydrogens is 440 g/mol. The maximum absolute atomic E-state index is 12.4. The van der Waals surface area contributed by atoms with Gasteiger partial charge in [-0.05, 0) is 35.4 Å². The van der Waals surface area contributed by atoms with Crippen molar-refractivity contribution < 1.29 is 28.5 Å². The highest BCUT2D eigenvalue weighted by Crippen LogP contribution is 2.23. The molecule has 0 saturated carbocycles. The fraction of sp³-hybridized carbons (Fsp3) is 0.417. The zero-order valence-corrected chi connectivity index (χ0v) is 20.5. The number of amides is 4. The summed E-state index contributed by atoms with van der Waals surface area (Å²) in [6, 6.07) is 14.5. The van der Waals surface area contributed by atoms with Crippen LogP contribution in [-0.4, -0.2) is 90.1 Å². The summed E-state index contributed by atoms with van der Waals surface area (Å²) in [6.45, 7) is 0.601. The van der Waals surface area contributed by atoms with Gasteiger partial charge in [-0.1, -0.05) is 24.3 Å². The Morgan fingerprint density at radius 1 is 0.647 bits per heavy atom. The average Bonchev–Trinajstić information content (AvgIpc) is 2.86. The fourth-order valence-corrected chi connectivity index (χ4v) is 3.03. The maximum Gasteiger partial charge on any atom is 0.321 e. The van der Waals surface area contributed by atoms with Gasteiger partial charge in [0.1, 0.15) is 0 Å². The van der Waals surface area contributed by atoms with E-state index < -0.39 is 12.6 Å². The van der Waals surface area contributed by atoms with Crippen molar-refractivity contribution in [2.45, 2.75) is 12.6 Å². The number of nitrogens with one attached hydrogen (secondary N) is 2. The van der Waals surface area contributed by atoms with Gasteiger partial charge < -0.3 is 39.4 Å². The molecule has 10 heteroatoms. The van der Waals surface area contributed by atoms with Crippen LogP contribution in [0, 0.1) is 0 Å². The molecule has 0 saturated heterocycles. The van der Waals surface area contributed by atoms with Gasteiger partial charge in [-0.15, -0.1) is 0 Å². The lowest BCUT2D eigenvalue weighted by atomic mass is 10.1. The summed E-state index contributed by atoms with van der Waals surface area (Å²) in [4.78, 5) is 27.7. The van der Waals surface area contributed by atoms with Gasteiger partial charge >= 0.3 is 12.1 Å². The van der Waals surface area contributed by atoms with E-state index in [1.165, 1.54) is 38.2 Å². The van der Waals surface area contributed by atoms with Gasteiger partial charge in [0.05, 0.1) is 13.1 Å². The molecule has 0 heterocycles. The van der Waals surface area contributed by atoms with Gasteiger partial charge in [0.25, 0.3) is 0 Å². The van der Waals surface area contributed by atoms with Crippen molar-refractivity contribution in [1.29, 1.82) is 0 Å². The minimum atomic E-state index is -0.487. The van der Waals surface area contributed by atoms with E-state index in [4.69, 9.17) is 18.9 Å². The van der Waals surface area contributed by atoms with Gasteiger partial charge in [0.2, 0.25) is 0 Å². The van der Waals surface area contributed by atoms with Crippen LogP contribution in [0.2, 0.25) is 0 Å². The van der Waals surface area contributed by atoms with Crippen molar-refractivity contribution >= 4 is 23.4 Å². The number of rotatable bonds is 11. The van der Waals surface area contributed by atoms with Crippen LogP contribution in [0.4, 0.5) is 21.0 Å². The summed E-state index contributed by atoms with van der Waals surface area (Å²) in [7, 11) is 9.44. The smallest absolute Gasteiger partial charge is 0.321 e. The van der Waals surface area contributed by atoms with E-state index in [1.807, 2.05) is 48.5 Å². The first kappa shape index (κ1) is 27.1. The number of nitrogens with zero attached hydrogens (tertiary/aromatic N) is 2. The average molecular weight is 475 g/mol. The van der Waals surface area contributed by atoms with Gasteiger partial charge in [0.15, 0.2) is 12.6 Å². The summed E-state index contributed by atoms with van der Waals surface area (Å²) in [6.07, 6.45) is -0.974. The molecular formula is C24H34N4O6. The monoisotopic (exact) mass is 474 g/mol. The highest BCUT2D eigenvalue weighted by molar-refractivity contribution is 5.90. The van der Waals surface area contributed by atoms with Crippen LogP contribution < -0.4 is 10.6 Å². The van der Waals surface area contributed by atoms with Crippen LogP contribution in [0.3, 0.4) is 0 Å². The second-order valence-electron chi connectivity index (χ2n) is 7.58. The Hall–Kier alpha value is -3.18. The van der Waals surface area contributed by atoms with Crippen molar-refractivity contribution in [2.75, 3.05) is 66.3 Å². The molecule has 0 fully saturated rings. The predicted octanol–water partition coefficient (Wildman–Crippen LogP) is 3.52. The van der Waals surface area contributed by atoms with Crippen LogP contribution in [0.1, 0.15) is 0 Å². The van der Waals surface area contributed by atoms with E-state index in [9.17, 15) is 9.59 Å². The third kappa shape index (κ3) is 7.99. The number of ether oxygens (including phenoxy) is 4. The van der Waals surface area contributed by atoms with Crippen molar-refractivity contribution in [3.05, 3.63) is 48.5 Å². The largest absolute Gasteiger partial charge is 0.354 e. The van der Waals surface area contributed by atoms with Crippen molar-refractivity contribution in [2.24, 2.45) is 0 Å². The molecule has 10 nitrogen and oxygen atoms in total. The molecule has 2 N–H and O–H groups in total. The van der Waals surface area contributed by atoms with E-state index in [-0.39, 0.29) is 12.1 Å². The summed E-state index contributed by atoms with van der Waals surface area (Å²) in [5, 5.41) is 5.69. The van der Waals surface area contributed by atoms with Gasteiger partial charge in [-0.2, -0.15) is 0 Å². The lowest BCUT2D eigenvalue weighted by Crippen LogP contribution is -2.38. The molecule has 0 spiro atoms. The number of hydrogen-bond donors (Lipinski definition) is 2. The number of anilines is 2. The molecule has 0 atom stereocenters. The molecule has 2 aromatic carbocycles. The SMILES string of the molecule is COC(CN(C)C(=O)Nc1ccc(-c2ccc(NC(=O)N(C)CC(OC)OC)cc2)cc1)OC. The zero-order chi connectivity index (χ0) is 25.1. The second kappa shape index (κ2) is 13.5. The first-order chi connectivity index (χ1) is 16.3. The number of carbonyl (C=O) groups is 2. The van der Waals surface area contributed by atoms with Crippen molar-refractivity contribution in [3.63, 3.8) is 0 Å². The van der Waals surface area contributed by atoms with E-state index >= 15 is 0 Å². The van der Waals surface area contributed by atoms with E-state index in [2.05, 4.69) is 10.6 Å². The van der Waals surface area contributed by atoms with Gasteiger partial charge in [-0.25, -0.2) is 9.59 Å². The molecule has 0 bridgehead atoms. The molecule has 34 heavy (non-hydrogen) atoms. The number of carbonyl (C=O) groups excluding carboxylic acids is 2. The fourth-order valence-electron chi connectivity index (χ4n) is 3.03. The van der Waals surface area contributed by atoms with E-state index in [0.29, 0.717) is 24.5 Å². The number of methoxy groups -OCH3 is 4. The highest BCUT2D eigenvalue weighted by Gasteiger charge is 2.16. The molecule has 186 valence electrons. The first-order valence-electron chi connectivity index (χ1n) is 10.7. The quantitative estimate of drug-likeness (QED) is 0.483. The number of hydrogen-bond acceptors (Lipinski definition) is 6. The first-order valence-corrected chi connectivity index (χ1v) is 10.7. The number of urea groups is 2. The standard InChI is InChI=1S/C24H34N4O6/c1-27(15-21(31-3)32-4)23(29)25-19-11-7-17(8-12-19)18-9-13-20(14-10-18)26-24(30)28(2)16-22(33-5)34-6/h7-14,21-22H,15-16H2,1-6H3,(H,25,29)(H,26,30). The minimum Gasteiger partial charge on any atom is -0.354 e. The Balaban J connectivity index is 1.93. The molecule has 0 unspecified atom stereocenters. The molecule has 0 aliphatic rings. The van der Waals surface area contributed by atoms with Gasteiger partial charge in [-0.3, -0.25) is 0 Å². The third-order valence-electron chi connectivity index (χ3n) is 5.20. The topological polar surface area (TPSA) is 102 Å². The molecule has 4 amide bonds. The summed E-state index contributed by atoms with van der Waals surface area (Å²) in [5.41, 5.74) is 3.29. The van der Waals surface area contributed by atoms with E-state index in [0.717, 1.165) is 11.1 Å². The zero-order valence-electron chi connectivity index (χ0n) is 20.5. The van der Waals surface area contributed by atoms with Crippen LogP contribution in [-0.2, 0) is 18.9 Å². The summed E-state index contributed by atoms with van der Waals surface area (Å²) < 4.78 is 20.5. The maximum atomic E-state index is 12.4. The normalized spacial score (nSPS) is 10.9.